The molecule has 0 saturated carbocycles. The summed E-state index contributed by atoms with van der Waals surface area (Å²) in [6, 6.07) is 29.0. The van der Waals surface area contributed by atoms with Crippen molar-refractivity contribution < 1.29 is 28.7 Å². The topological polar surface area (TPSA) is 280 Å². The summed E-state index contributed by atoms with van der Waals surface area (Å²) in [5.74, 6) is 1.17. The van der Waals surface area contributed by atoms with E-state index in [1.54, 1.807) is 32.3 Å². The number of amides is 4. The Morgan fingerprint density at radius 1 is 0.571 bits per heavy atom. The van der Waals surface area contributed by atoms with Crippen LogP contribution in [0.5, 0.6) is 0 Å². The van der Waals surface area contributed by atoms with Crippen molar-refractivity contribution in [2.24, 2.45) is 0 Å². The zero-order chi connectivity index (χ0) is 40.2. The Balaban J connectivity index is 0.000000143. The Labute approximate surface area is 317 Å². The summed E-state index contributed by atoms with van der Waals surface area (Å²) in [6.07, 6.45) is -1.07. The summed E-state index contributed by atoms with van der Waals surface area (Å²) in [5.41, 5.74) is 17.4. The number of fused-ring (bicyclic) bond motifs is 4. The highest BCUT2D eigenvalue weighted by molar-refractivity contribution is 5.93. The summed E-state index contributed by atoms with van der Waals surface area (Å²) in [6.45, 7) is 0. The smallest absolute Gasteiger partial charge is 0.421 e. The number of nitrogens with two attached hydrogens (primary N) is 2. The van der Waals surface area contributed by atoms with E-state index in [9.17, 15) is 19.2 Å². The predicted molar refractivity (Wildman–Crippen MR) is 212 cm³/mol. The summed E-state index contributed by atoms with van der Waals surface area (Å²) in [7, 11) is 5.71. The molecular formula is C36H38N14O6. The number of hydrogen-bond acceptors (Lipinski definition) is 12. The van der Waals surface area contributed by atoms with Gasteiger partial charge in [-0.2, -0.15) is 0 Å². The number of methoxy groups -OCH3 is 2. The summed E-state index contributed by atoms with van der Waals surface area (Å²) in [4.78, 5) is 66.9. The standard InChI is InChI=1S/2C9H10N4O.2C9H9N3O2/c1-11-9(14)13-7-5-3-2-4-6(7)12-8(13)10;1-10-9(14)13-8-11-6-4-2-3-5-7(6)12-8;1-14-9(13)12-7-5-3-2-4-6(7)11-8(12)10;1-14-9(13)12-8-10-6-4-2-3-5-7(6)11-8/h2-5H,1H3,(H2,10,12)(H,11,14);2-5H,1H3,(H3,10,11,12,13,14);2-5H,1H3,(H2,10,11);2-5H,1H3,(H2,10,11,12,13). The van der Waals surface area contributed by atoms with Gasteiger partial charge in [-0.25, -0.2) is 48.2 Å². The number of nitrogens with zero attached hydrogens (tertiary/aromatic N) is 6. The van der Waals surface area contributed by atoms with E-state index in [2.05, 4.69) is 60.6 Å². The molecule has 0 aliphatic rings. The molecule has 8 rings (SSSR count). The van der Waals surface area contributed by atoms with Crippen LogP contribution in [0.2, 0.25) is 0 Å². The minimum Gasteiger partial charge on any atom is -0.453 e. The number of rotatable bonds is 2. The lowest BCUT2D eigenvalue weighted by atomic mass is 10.3. The zero-order valence-electron chi connectivity index (χ0n) is 30.5. The van der Waals surface area contributed by atoms with Crippen molar-refractivity contribution in [1.29, 1.82) is 0 Å². The van der Waals surface area contributed by atoms with Crippen molar-refractivity contribution in [3.8, 4) is 0 Å². The molecule has 0 aliphatic heterocycles. The quantitative estimate of drug-likeness (QED) is 0.114. The molecule has 8 aromatic rings. The molecule has 10 N–H and O–H groups in total. The monoisotopic (exact) mass is 762 g/mol. The number of aromatic nitrogens is 8. The zero-order valence-corrected chi connectivity index (χ0v) is 30.5. The molecule has 0 bridgehead atoms. The van der Waals surface area contributed by atoms with E-state index >= 15 is 0 Å². The molecule has 0 unspecified atom stereocenters. The second-order valence-corrected chi connectivity index (χ2v) is 11.1. The molecule has 4 heterocycles. The highest BCUT2D eigenvalue weighted by atomic mass is 16.5. The largest absolute Gasteiger partial charge is 0.453 e. The second-order valence-electron chi connectivity index (χ2n) is 11.1. The van der Waals surface area contributed by atoms with E-state index in [0.29, 0.717) is 34.0 Å². The van der Waals surface area contributed by atoms with Gasteiger partial charge in [0.25, 0.3) is 0 Å². The highest BCUT2D eigenvalue weighted by Gasteiger charge is 2.14. The fourth-order valence-electron chi connectivity index (χ4n) is 5.04. The number of para-hydroxylation sites is 8. The Hall–Kier alpha value is -8.16. The molecule has 56 heavy (non-hydrogen) atoms. The summed E-state index contributed by atoms with van der Waals surface area (Å²) >= 11 is 0. The summed E-state index contributed by atoms with van der Waals surface area (Å²) in [5, 5.41) is 9.97. The minimum atomic E-state index is -0.538. The average Bonchev–Trinajstić information content (AvgIpc) is 3.99. The Kier molecular flexibility index (Phi) is 12.6. The maximum atomic E-state index is 11.4. The van der Waals surface area contributed by atoms with Gasteiger partial charge in [-0.05, 0) is 48.5 Å². The molecule has 20 nitrogen and oxygen atoms in total. The Morgan fingerprint density at radius 2 is 1.02 bits per heavy atom. The molecule has 0 atom stereocenters. The van der Waals surface area contributed by atoms with Crippen molar-refractivity contribution in [3.05, 3.63) is 97.1 Å². The Bertz CT molecular complexity index is 2380. The molecule has 4 aromatic heterocycles. The van der Waals surface area contributed by atoms with Crippen molar-refractivity contribution in [2.45, 2.75) is 0 Å². The third-order valence-corrected chi connectivity index (χ3v) is 7.59. The van der Waals surface area contributed by atoms with Crippen LogP contribution in [0.4, 0.5) is 43.0 Å². The third-order valence-electron chi connectivity index (χ3n) is 7.59. The highest BCUT2D eigenvalue weighted by Crippen LogP contribution is 2.18. The van der Waals surface area contributed by atoms with Gasteiger partial charge < -0.3 is 41.5 Å². The number of nitrogens with one attached hydrogen (secondary N) is 6. The average molecular weight is 763 g/mol. The molecule has 20 heteroatoms. The first kappa shape index (κ1) is 39.1. The van der Waals surface area contributed by atoms with Crippen LogP contribution in [0.1, 0.15) is 0 Å². The minimum absolute atomic E-state index is 0.137. The molecule has 4 aromatic carbocycles. The fourth-order valence-corrected chi connectivity index (χ4v) is 5.04. The van der Waals surface area contributed by atoms with Crippen LogP contribution in [0.15, 0.2) is 97.1 Å². The van der Waals surface area contributed by atoms with Crippen LogP contribution >= 0.6 is 0 Å². The lowest BCUT2D eigenvalue weighted by molar-refractivity contribution is 0.174. The lowest BCUT2D eigenvalue weighted by Crippen LogP contribution is -2.25. The third kappa shape index (κ3) is 9.25. The van der Waals surface area contributed by atoms with Crippen molar-refractivity contribution >= 4 is 92.2 Å². The van der Waals surface area contributed by atoms with Gasteiger partial charge in [0, 0.05) is 14.1 Å². The molecule has 0 spiro atoms. The number of hydrogen-bond donors (Lipinski definition) is 8. The van der Waals surface area contributed by atoms with Crippen LogP contribution in [0.3, 0.4) is 0 Å². The number of imidazole rings is 4. The van der Waals surface area contributed by atoms with Crippen molar-refractivity contribution in [3.63, 3.8) is 0 Å². The van der Waals surface area contributed by atoms with E-state index in [-0.39, 0.29) is 24.0 Å². The molecule has 0 fully saturated rings. The van der Waals surface area contributed by atoms with E-state index in [4.69, 9.17) is 11.5 Å². The number of anilines is 4. The fraction of sp³-hybridized carbons (Fsp3) is 0.111. The first-order valence-corrected chi connectivity index (χ1v) is 16.6. The van der Waals surface area contributed by atoms with Crippen LogP contribution in [-0.4, -0.2) is 91.6 Å². The predicted octanol–water partition coefficient (Wildman–Crippen LogP) is 5.09. The number of carbonyl (C=O) groups excluding carboxylic acids is 4. The normalized spacial score (nSPS) is 10.2. The van der Waals surface area contributed by atoms with Crippen LogP contribution < -0.4 is 32.7 Å². The van der Waals surface area contributed by atoms with Gasteiger partial charge in [0.1, 0.15) is 0 Å². The van der Waals surface area contributed by atoms with E-state index in [1.807, 2.05) is 78.9 Å². The van der Waals surface area contributed by atoms with Crippen LogP contribution in [0, 0.1) is 0 Å². The van der Waals surface area contributed by atoms with Gasteiger partial charge in [-0.1, -0.05) is 48.5 Å². The molecule has 0 aliphatic carbocycles. The second kappa shape index (κ2) is 18.1. The van der Waals surface area contributed by atoms with Gasteiger partial charge in [0.2, 0.25) is 23.8 Å². The first-order valence-electron chi connectivity index (χ1n) is 16.6. The summed E-state index contributed by atoms with van der Waals surface area (Å²) < 4.78 is 11.6. The lowest BCUT2D eigenvalue weighted by Gasteiger charge is -2.02. The number of urea groups is 1. The number of aromatic amines is 2. The first-order chi connectivity index (χ1) is 27.1. The molecular weight excluding hydrogens is 724 g/mol. The van der Waals surface area contributed by atoms with Gasteiger partial charge >= 0.3 is 24.2 Å². The van der Waals surface area contributed by atoms with Crippen LogP contribution in [-0.2, 0) is 9.47 Å². The number of ether oxygens (including phenoxy) is 2. The number of benzene rings is 4. The van der Waals surface area contributed by atoms with Gasteiger partial charge in [-0.3, -0.25) is 10.6 Å². The van der Waals surface area contributed by atoms with Crippen LogP contribution in [0.25, 0.3) is 44.1 Å². The van der Waals surface area contributed by atoms with Gasteiger partial charge in [-0.15, -0.1) is 0 Å². The molecule has 288 valence electrons. The van der Waals surface area contributed by atoms with Crippen molar-refractivity contribution in [1.82, 2.24) is 49.7 Å². The van der Waals surface area contributed by atoms with E-state index < -0.39 is 12.2 Å². The number of carbonyl (C=O) groups is 4. The Morgan fingerprint density at radius 3 is 1.48 bits per heavy atom. The van der Waals surface area contributed by atoms with E-state index in [1.165, 1.54) is 23.4 Å². The van der Waals surface area contributed by atoms with Crippen molar-refractivity contribution in [2.75, 3.05) is 50.4 Å². The number of H-pyrrole nitrogens is 2. The molecule has 4 amide bonds. The van der Waals surface area contributed by atoms with Gasteiger partial charge in [0.05, 0.1) is 58.4 Å². The molecule has 0 radical (unpaired) electrons. The SMILES string of the molecule is CNC(=O)Nc1nc2ccccc2[nH]1.CNC(=O)n1c(N)nc2ccccc21.COC(=O)Nc1nc2ccccc2[nH]1.COC(=O)n1c(N)nc2ccccc21. The maximum Gasteiger partial charge on any atom is 0.421 e. The van der Waals surface area contributed by atoms with Gasteiger partial charge in [0.15, 0.2) is 0 Å². The maximum absolute atomic E-state index is 11.4. The van der Waals surface area contributed by atoms with E-state index in [0.717, 1.165) is 22.1 Å². The number of nitrogen functional groups attached to an aromatic ring is 2. The molecule has 0 saturated heterocycles.